The summed E-state index contributed by atoms with van der Waals surface area (Å²) in [6, 6.07) is 8.65. The number of hydrogen-bond acceptors (Lipinski definition) is 8. The highest BCUT2D eigenvalue weighted by atomic mass is 16.6. The number of aliphatic imine (C=N–C) groups is 1. The van der Waals surface area contributed by atoms with Gasteiger partial charge in [0.05, 0.1) is 18.8 Å². The van der Waals surface area contributed by atoms with Crippen molar-refractivity contribution in [3.63, 3.8) is 0 Å². The van der Waals surface area contributed by atoms with Crippen LogP contribution >= 0.6 is 0 Å². The van der Waals surface area contributed by atoms with Crippen molar-refractivity contribution in [3.05, 3.63) is 63.7 Å². The Morgan fingerprint density at radius 1 is 1.12 bits per heavy atom. The lowest BCUT2D eigenvalue weighted by atomic mass is 9.76. The number of amidine groups is 1. The average molecular weight is 576 g/mol. The molecule has 42 heavy (non-hydrogen) atoms. The first-order chi connectivity index (χ1) is 20.2. The number of aliphatic hydroxyl groups is 1. The van der Waals surface area contributed by atoms with E-state index in [9.17, 15) is 9.90 Å². The summed E-state index contributed by atoms with van der Waals surface area (Å²) in [7, 11) is 0. The van der Waals surface area contributed by atoms with Crippen molar-refractivity contribution in [3.8, 4) is 0 Å². The third-order valence-electron chi connectivity index (χ3n) is 9.01. The van der Waals surface area contributed by atoms with Crippen molar-refractivity contribution in [2.45, 2.75) is 90.7 Å². The third kappa shape index (κ3) is 7.18. The monoisotopic (exact) mass is 575 g/mol. The van der Waals surface area contributed by atoms with Crippen LogP contribution in [0.5, 0.6) is 0 Å². The molecule has 226 valence electrons. The van der Waals surface area contributed by atoms with Gasteiger partial charge in [0.1, 0.15) is 17.2 Å². The highest BCUT2D eigenvalue weighted by molar-refractivity contribution is 5.98. The van der Waals surface area contributed by atoms with E-state index in [1.165, 1.54) is 16.7 Å². The summed E-state index contributed by atoms with van der Waals surface area (Å²) in [6.07, 6.45) is 6.97. The Morgan fingerprint density at radius 3 is 2.50 bits per heavy atom. The third-order valence-corrected chi connectivity index (χ3v) is 9.01. The molecule has 2 aromatic rings. The fraction of sp³-hybridized carbons (Fsp3) is 0.576. The molecule has 0 spiro atoms. The minimum Gasteiger partial charge on any atom is -0.512 e. The second-order valence-electron chi connectivity index (χ2n) is 12.1. The summed E-state index contributed by atoms with van der Waals surface area (Å²) < 4.78 is 11.8. The van der Waals surface area contributed by atoms with Crippen LogP contribution in [-0.4, -0.2) is 63.7 Å². The van der Waals surface area contributed by atoms with Crippen molar-refractivity contribution in [1.29, 1.82) is 0 Å². The molecule has 0 bridgehead atoms. The van der Waals surface area contributed by atoms with Crippen LogP contribution in [0.3, 0.4) is 0 Å². The van der Waals surface area contributed by atoms with Gasteiger partial charge in [-0.1, -0.05) is 38.0 Å². The van der Waals surface area contributed by atoms with Gasteiger partial charge >= 0.3 is 5.97 Å². The van der Waals surface area contributed by atoms with Crippen LogP contribution in [0.1, 0.15) is 79.9 Å². The predicted molar refractivity (Wildman–Crippen MR) is 163 cm³/mol. The van der Waals surface area contributed by atoms with Gasteiger partial charge in [0.15, 0.2) is 0 Å². The van der Waals surface area contributed by atoms with Gasteiger partial charge < -0.3 is 20.3 Å². The minimum absolute atomic E-state index is 0.00771. The van der Waals surface area contributed by atoms with Crippen LogP contribution in [-0.2, 0) is 33.7 Å². The van der Waals surface area contributed by atoms with Crippen molar-refractivity contribution in [2.24, 2.45) is 16.6 Å². The highest BCUT2D eigenvalue weighted by Crippen LogP contribution is 2.46. The molecule has 1 unspecified atom stereocenters. The van der Waals surface area contributed by atoms with Crippen LogP contribution in [0.15, 0.2) is 40.6 Å². The van der Waals surface area contributed by atoms with Crippen LogP contribution < -0.4 is 5.73 Å². The number of hydrogen-bond donors (Lipinski definition) is 2. The number of benzene rings is 1. The number of morpholine rings is 1. The summed E-state index contributed by atoms with van der Waals surface area (Å²) in [6.45, 7) is 10.4. The molecule has 1 aromatic heterocycles. The molecule has 2 aliphatic heterocycles. The van der Waals surface area contributed by atoms with Crippen molar-refractivity contribution < 1.29 is 19.4 Å². The Kier molecular flexibility index (Phi) is 9.58. The summed E-state index contributed by atoms with van der Waals surface area (Å²) in [5.74, 6) is 0.201. The Hall–Kier alpha value is -3.30. The first kappa shape index (κ1) is 30.2. The van der Waals surface area contributed by atoms with Crippen molar-refractivity contribution in [2.75, 3.05) is 26.3 Å². The van der Waals surface area contributed by atoms with Gasteiger partial charge in [-0.05, 0) is 74.6 Å². The SMILES string of the molecule is CCc1cc(CCC2(C3CCCC3)CC(O)=C(CC(N)=Nc3nc(C)cc(C)n3)C(=O)O2)ccc1CN1CCOCC1. The smallest absolute Gasteiger partial charge is 0.338 e. The molecule has 1 saturated heterocycles. The van der Waals surface area contributed by atoms with E-state index in [0.717, 1.165) is 82.8 Å². The predicted octanol–water partition coefficient (Wildman–Crippen LogP) is 5.19. The fourth-order valence-electron chi connectivity index (χ4n) is 6.77. The zero-order valence-corrected chi connectivity index (χ0v) is 25.3. The molecular formula is C33H45N5O4. The molecule has 3 N–H and O–H groups in total. The number of nitrogens with zero attached hydrogens (tertiary/aromatic N) is 4. The first-order valence-electron chi connectivity index (χ1n) is 15.4. The molecule has 3 aliphatic rings. The molecule has 0 radical (unpaired) electrons. The molecule has 2 fully saturated rings. The molecule has 9 nitrogen and oxygen atoms in total. The molecule has 1 atom stereocenters. The summed E-state index contributed by atoms with van der Waals surface area (Å²) in [5, 5.41) is 11.2. The molecule has 0 amide bonds. The van der Waals surface area contributed by atoms with Crippen LogP contribution in [0.4, 0.5) is 5.95 Å². The molecule has 1 aromatic carbocycles. The molecular weight excluding hydrogens is 530 g/mol. The molecule has 3 heterocycles. The average Bonchev–Trinajstić information content (AvgIpc) is 3.51. The number of rotatable bonds is 10. The molecule has 9 heteroatoms. The van der Waals surface area contributed by atoms with E-state index in [-0.39, 0.29) is 35.5 Å². The summed E-state index contributed by atoms with van der Waals surface area (Å²) >= 11 is 0. The van der Waals surface area contributed by atoms with E-state index >= 15 is 0 Å². The van der Waals surface area contributed by atoms with Crippen LogP contribution in [0.25, 0.3) is 0 Å². The Morgan fingerprint density at radius 2 is 1.83 bits per heavy atom. The van der Waals surface area contributed by atoms with Crippen LogP contribution in [0.2, 0.25) is 0 Å². The molecule has 1 saturated carbocycles. The van der Waals surface area contributed by atoms with Crippen molar-refractivity contribution in [1.82, 2.24) is 14.9 Å². The number of cyclic esters (lactones) is 1. The number of carbonyl (C=O) groups is 1. The maximum Gasteiger partial charge on any atom is 0.338 e. The van der Waals surface area contributed by atoms with Gasteiger partial charge in [-0.25, -0.2) is 14.8 Å². The number of ether oxygens (including phenoxy) is 2. The van der Waals surface area contributed by atoms with Gasteiger partial charge in [-0.15, -0.1) is 0 Å². The number of esters is 1. The second kappa shape index (κ2) is 13.3. The normalized spacial score (nSPS) is 22.5. The number of aromatic nitrogens is 2. The van der Waals surface area contributed by atoms with E-state index in [4.69, 9.17) is 15.2 Å². The largest absolute Gasteiger partial charge is 0.512 e. The van der Waals surface area contributed by atoms with E-state index in [2.05, 4.69) is 45.0 Å². The number of aryl methyl sites for hydroxylation is 4. The van der Waals surface area contributed by atoms with Gasteiger partial charge in [0.25, 0.3) is 5.95 Å². The lowest BCUT2D eigenvalue weighted by Gasteiger charge is -2.42. The first-order valence-corrected chi connectivity index (χ1v) is 15.4. The van der Waals surface area contributed by atoms with Crippen molar-refractivity contribution >= 4 is 17.8 Å². The fourth-order valence-corrected chi connectivity index (χ4v) is 6.77. The lowest BCUT2D eigenvalue weighted by Crippen LogP contribution is -2.46. The summed E-state index contributed by atoms with van der Waals surface area (Å²) in [4.78, 5) is 28.8. The van der Waals surface area contributed by atoms with E-state index in [0.29, 0.717) is 12.8 Å². The number of carbonyl (C=O) groups excluding carboxylic acids is 1. The lowest BCUT2D eigenvalue weighted by molar-refractivity contribution is -0.167. The van der Waals surface area contributed by atoms with Gasteiger partial charge in [0.2, 0.25) is 0 Å². The highest BCUT2D eigenvalue weighted by Gasteiger charge is 2.48. The number of aliphatic hydroxyl groups excluding tert-OH is 1. The Labute approximate surface area is 249 Å². The standard InChI is InChI=1S/C33H45N5O4/c1-4-25-18-24(9-10-26(25)21-38-13-15-41-16-14-38)11-12-33(27-7-5-6-8-27)20-29(39)28(31(40)42-33)19-30(34)37-32-35-22(2)17-23(3)36-32/h9-10,17-18,27,39H,4-8,11-16,19-21H2,1-3H3,(H2,34,35,36,37). The second-order valence-corrected chi connectivity index (χ2v) is 12.1. The Balaban J connectivity index is 1.32. The quantitative estimate of drug-likeness (QED) is 0.226. The number of nitrogens with two attached hydrogens (primary N) is 1. The Bertz CT molecular complexity index is 1320. The molecule has 1 aliphatic carbocycles. The topological polar surface area (TPSA) is 123 Å². The van der Waals surface area contributed by atoms with Gasteiger partial charge in [-0.3, -0.25) is 4.90 Å². The zero-order valence-electron chi connectivity index (χ0n) is 25.3. The van der Waals surface area contributed by atoms with E-state index < -0.39 is 11.6 Å². The summed E-state index contributed by atoms with van der Waals surface area (Å²) in [5.41, 5.74) is 11.2. The maximum absolute atomic E-state index is 13.4. The van der Waals surface area contributed by atoms with Gasteiger partial charge in [-0.2, -0.15) is 4.99 Å². The minimum atomic E-state index is -0.720. The van der Waals surface area contributed by atoms with Gasteiger partial charge in [0, 0.05) is 43.9 Å². The van der Waals surface area contributed by atoms with E-state index in [1.54, 1.807) is 0 Å². The van der Waals surface area contributed by atoms with Crippen LogP contribution in [0, 0.1) is 19.8 Å². The zero-order chi connectivity index (χ0) is 29.7. The maximum atomic E-state index is 13.4. The molecule has 5 rings (SSSR count). The van der Waals surface area contributed by atoms with E-state index in [1.807, 2.05) is 19.9 Å².